The monoisotopic (exact) mass is 683 g/mol. The van der Waals surface area contributed by atoms with Crippen molar-refractivity contribution in [1.82, 2.24) is 20.9 Å². The molecule has 1 aromatic rings. The maximum Gasteiger partial charge on any atom is 0.329 e. The smallest absolute Gasteiger partial charge is 0.329 e. The van der Waals surface area contributed by atoms with Crippen LogP contribution in [0.15, 0.2) is 30.3 Å². The Labute approximate surface area is 291 Å². The summed E-state index contributed by atoms with van der Waals surface area (Å²) in [6.07, 6.45) is 2.96. The summed E-state index contributed by atoms with van der Waals surface area (Å²) >= 11 is 0. The topological polar surface area (TPSA) is 177 Å². The first kappa shape index (κ1) is 39.5. The van der Waals surface area contributed by atoms with Gasteiger partial charge in [-0.3, -0.25) is 19.2 Å². The van der Waals surface area contributed by atoms with Gasteiger partial charge < -0.3 is 31.3 Å². The Hall–Kier alpha value is -3.96. The number of primary amides is 1. The van der Waals surface area contributed by atoms with Gasteiger partial charge in [-0.1, -0.05) is 105 Å². The van der Waals surface area contributed by atoms with Crippen LogP contribution in [-0.4, -0.2) is 71.1 Å². The van der Waals surface area contributed by atoms with Crippen LogP contribution in [-0.2, 0) is 28.7 Å². The molecular weight excluding hydrogens is 626 g/mol. The van der Waals surface area contributed by atoms with Crippen molar-refractivity contribution in [1.29, 1.82) is 0 Å². The minimum absolute atomic E-state index is 0.0160. The van der Waals surface area contributed by atoms with Crippen LogP contribution in [0.4, 0.5) is 4.79 Å². The fraction of sp³-hybridized carbons (Fsp3) is 0.676. The largest absolute Gasteiger partial charge is 0.456 e. The second-order valence-corrected chi connectivity index (χ2v) is 16.3. The number of urea groups is 1. The average Bonchev–Trinajstić information content (AvgIpc) is 3.44. The van der Waals surface area contributed by atoms with Gasteiger partial charge in [-0.25, -0.2) is 9.59 Å². The van der Waals surface area contributed by atoms with E-state index >= 15 is 0 Å². The first-order valence-electron chi connectivity index (χ1n) is 17.5. The molecule has 12 heteroatoms. The Balaban J connectivity index is 1.81. The predicted molar refractivity (Wildman–Crippen MR) is 186 cm³/mol. The van der Waals surface area contributed by atoms with Gasteiger partial charge in [0.1, 0.15) is 24.2 Å². The Morgan fingerprint density at radius 2 is 1.45 bits per heavy atom. The standard InChI is InChI=1S/C37H57N5O7/c1-21(2)25-19-27(32(45)39-26(28(43)31(38)44)18-23-14-13-15-23)42(20-25)33(46)29(36(4,5)6)40-35(48)41-30(37(7,8)9)34(47)49-22(3)24-16-11-10-12-17-24/h10-12,16-17,21-23,25-27,29-30H,13-15,18-20H2,1-9H3,(H2,38,44)(H,39,45)(H2,40,41,48)/t22-,25+,26?,27-,29+,30+/m0/s1. The van der Waals surface area contributed by atoms with Gasteiger partial charge in [-0.15, -0.1) is 0 Å². The summed E-state index contributed by atoms with van der Waals surface area (Å²) in [5, 5.41) is 8.29. The number of benzene rings is 1. The molecule has 3 rings (SSSR count). The molecule has 1 heterocycles. The molecule has 49 heavy (non-hydrogen) atoms. The summed E-state index contributed by atoms with van der Waals surface area (Å²) in [6, 6.07) is 4.44. The van der Waals surface area contributed by atoms with E-state index in [-0.39, 0.29) is 24.3 Å². The number of nitrogens with two attached hydrogens (primary N) is 1. The number of nitrogens with zero attached hydrogens (tertiary/aromatic N) is 1. The lowest BCUT2D eigenvalue weighted by Crippen LogP contribution is -2.62. The number of Topliss-reactive ketones (excluding diaryl/α,β-unsaturated/α-hetero) is 1. The Morgan fingerprint density at radius 3 is 1.94 bits per heavy atom. The average molecular weight is 684 g/mol. The number of carbonyl (C=O) groups excluding carboxylic acids is 6. The molecular formula is C37H57N5O7. The second-order valence-electron chi connectivity index (χ2n) is 16.3. The Morgan fingerprint density at radius 1 is 0.878 bits per heavy atom. The molecule has 0 aromatic heterocycles. The summed E-state index contributed by atoms with van der Waals surface area (Å²) in [4.78, 5) is 81.1. The first-order chi connectivity index (χ1) is 22.7. The number of hydrogen-bond donors (Lipinski definition) is 4. The first-order valence-corrected chi connectivity index (χ1v) is 17.5. The lowest BCUT2D eigenvalue weighted by Gasteiger charge is -2.37. The lowest BCUT2D eigenvalue weighted by molar-refractivity contribution is -0.153. The molecule has 5 amide bonds. The molecule has 0 bridgehead atoms. The molecule has 1 aromatic carbocycles. The minimum Gasteiger partial charge on any atom is -0.456 e. The van der Waals surface area contributed by atoms with Gasteiger partial charge >= 0.3 is 12.0 Å². The molecule has 5 N–H and O–H groups in total. The van der Waals surface area contributed by atoms with Crippen LogP contribution in [0.5, 0.6) is 0 Å². The van der Waals surface area contributed by atoms with Gasteiger partial charge in [0.05, 0.1) is 6.04 Å². The van der Waals surface area contributed by atoms with Crippen LogP contribution in [0.2, 0.25) is 0 Å². The number of carbonyl (C=O) groups is 6. The SMILES string of the molecule is CC(C)[C@@H]1C[C@@H](C(=O)NC(CC2CCC2)C(=O)C(N)=O)N(C(=O)[C@@H](NC(=O)N[C@H](C(=O)O[C@@H](C)c2ccccc2)C(C)(C)C)C(C)(C)C)C1. The second kappa shape index (κ2) is 16.2. The van der Waals surface area contributed by atoms with Crippen LogP contribution in [0.3, 0.4) is 0 Å². The summed E-state index contributed by atoms with van der Waals surface area (Å²) < 4.78 is 5.75. The number of hydrogen-bond acceptors (Lipinski definition) is 7. The third-order valence-corrected chi connectivity index (χ3v) is 9.86. The van der Waals surface area contributed by atoms with E-state index in [0.717, 1.165) is 24.8 Å². The van der Waals surface area contributed by atoms with Gasteiger partial charge in [0, 0.05) is 6.54 Å². The number of esters is 1. The van der Waals surface area contributed by atoms with Crippen molar-refractivity contribution < 1.29 is 33.5 Å². The fourth-order valence-electron chi connectivity index (χ4n) is 6.36. The number of nitrogens with one attached hydrogen (secondary N) is 3. The van der Waals surface area contributed by atoms with Crippen LogP contribution >= 0.6 is 0 Å². The zero-order chi connectivity index (χ0) is 36.8. The quantitative estimate of drug-likeness (QED) is 0.179. The number of likely N-dealkylation sites (tertiary alicyclic amines) is 1. The van der Waals surface area contributed by atoms with E-state index < -0.39 is 76.6 Å². The van der Waals surface area contributed by atoms with E-state index in [0.29, 0.717) is 12.8 Å². The molecule has 1 unspecified atom stereocenters. The highest BCUT2D eigenvalue weighted by molar-refractivity contribution is 6.37. The molecule has 2 aliphatic rings. The molecule has 2 fully saturated rings. The van der Waals surface area contributed by atoms with Gasteiger partial charge in [0.15, 0.2) is 0 Å². The maximum atomic E-state index is 14.4. The summed E-state index contributed by atoms with van der Waals surface area (Å²) in [6.45, 7) is 16.9. The van der Waals surface area contributed by atoms with Crippen LogP contribution in [0.25, 0.3) is 0 Å². The molecule has 0 radical (unpaired) electrons. The van der Waals surface area contributed by atoms with E-state index in [9.17, 15) is 28.8 Å². The van der Waals surface area contributed by atoms with Gasteiger partial charge in [0.2, 0.25) is 17.6 Å². The summed E-state index contributed by atoms with van der Waals surface area (Å²) in [7, 11) is 0. The Bertz CT molecular complexity index is 1360. The van der Waals surface area contributed by atoms with Crippen molar-refractivity contribution >= 4 is 35.5 Å². The number of rotatable bonds is 13. The van der Waals surface area contributed by atoms with E-state index in [1.807, 2.05) is 44.2 Å². The normalized spacial score (nSPS) is 20.7. The molecule has 1 aliphatic carbocycles. The van der Waals surface area contributed by atoms with Crippen LogP contribution in [0.1, 0.15) is 106 Å². The summed E-state index contributed by atoms with van der Waals surface area (Å²) in [5.41, 5.74) is 4.61. The molecule has 1 saturated heterocycles. The van der Waals surface area contributed by atoms with Gasteiger partial charge in [-0.2, -0.15) is 0 Å². The highest BCUT2D eigenvalue weighted by Crippen LogP contribution is 2.34. The highest BCUT2D eigenvalue weighted by Gasteiger charge is 2.47. The van der Waals surface area contributed by atoms with Gasteiger partial charge in [-0.05, 0) is 53.9 Å². The van der Waals surface area contributed by atoms with Crippen molar-refractivity contribution in [3.63, 3.8) is 0 Å². The highest BCUT2D eigenvalue weighted by atomic mass is 16.5. The maximum absolute atomic E-state index is 14.4. The van der Waals surface area contributed by atoms with Crippen LogP contribution < -0.4 is 21.7 Å². The molecule has 0 spiro atoms. The van der Waals surface area contributed by atoms with E-state index in [1.54, 1.807) is 48.5 Å². The molecule has 1 saturated carbocycles. The predicted octanol–water partition coefficient (Wildman–Crippen LogP) is 4.02. The van der Waals surface area contributed by atoms with Crippen molar-refractivity contribution in [2.75, 3.05) is 6.54 Å². The van der Waals surface area contributed by atoms with Crippen molar-refractivity contribution in [3.8, 4) is 0 Å². The minimum atomic E-state index is -1.11. The van der Waals surface area contributed by atoms with Crippen molar-refractivity contribution in [2.45, 2.75) is 125 Å². The lowest BCUT2D eigenvalue weighted by atomic mass is 9.80. The van der Waals surface area contributed by atoms with E-state index in [4.69, 9.17) is 10.5 Å². The third kappa shape index (κ3) is 10.5. The van der Waals surface area contributed by atoms with Crippen LogP contribution in [0, 0.1) is 28.6 Å². The zero-order valence-corrected chi connectivity index (χ0v) is 30.6. The molecule has 1 aliphatic heterocycles. The van der Waals surface area contributed by atoms with Crippen molar-refractivity contribution in [2.24, 2.45) is 34.3 Å². The van der Waals surface area contributed by atoms with Crippen molar-refractivity contribution in [3.05, 3.63) is 35.9 Å². The molecule has 6 atom stereocenters. The molecule has 272 valence electrons. The third-order valence-electron chi connectivity index (χ3n) is 9.86. The Kier molecular flexibility index (Phi) is 13.0. The molecule has 12 nitrogen and oxygen atoms in total. The van der Waals surface area contributed by atoms with E-state index in [2.05, 4.69) is 16.0 Å². The number of ether oxygens (including phenoxy) is 1. The number of ketones is 1. The fourth-order valence-corrected chi connectivity index (χ4v) is 6.36. The van der Waals surface area contributed by atoms with E-state index in [1.165, 1.54) is 4.90 Å². The zero-order valence-electron chi connectivity index (χ0n) is 30.6. The number of amides is 5. The summed E-state index contributed by atoms with van der Waals surface area (Å²) in [5.74, 6) is -3.24. The van der Waals surface area contributed by atoms with Gasteiger partial charge in [0.25, 0.3) is 5.91 Å².